The van der Waals surface area contributed by atoms with Crippen LogP contribution in [0.2, 0.25) is 0 Å². The molecule has 1 aliphatic carbocycles. The first-order valence-corrected chi connectivity index (χ1v) is 7.97. The van der Waals surface area contributed by atoms with Crippen LogP contribution in [0.1, 0.15) is 75.6 Å². The zero-order valence-corrected chi connectivity index (χ0v) is 12.6. The molecule has 1 fully saturated rings. The van der Waals surface area contributed by atoms with E-state index in [4.69, 9.17) is 4.98 Å². The Morgan fingerprint density at radius 1 is 1.32 bits per heavy atom. The number of nitrogens with zero attached hydrogens (tertiary/aromatic N) is 2. The summed E-state index contributed by atoms with van der Waals surface area (Å²) in [5.41, 5.74) is 2.84. The van der Waals surface area contributed by atoms with Crippen molar-refractivity contribution in [3.05, 3.63) is 17.2 Å². The van der Waals surface area contributed by atoms with Gasteiger partial charge in [-0.05, 0) is 18.8 Å². The average Bonchev–Trinajstić information content (AvgIpc) is 2.78. The van der Waals surface area contributed by atoms with Gasteiger partial charge in [-0.3, -0.25) is 0 Å². The van der Waals surface area contributed by atoms with Crippen LogP contribution in [-0.4, -0.2) is 16.1 Å². The summed E-state index contributed by atoms with van der Waals surface area (Å²) in [5.74, 6) is 2.73. The zero-order valence-electron chi connectivity index (χ0n) is 12.6. The van der Waals surface area contributed by atoms with Crippen LogP contribution in [0.4, 0.5) is 0 Å². The van der Waals surface area contributed by atoms with Gasteiger partial charge >= 0.3 is 0 Å². The number of rotatable bonds is 2. The van der Waals surface area contributed by atoms with Gasteiger partial charge in [0.1, 0.15) is 5.82 Å². The minimum Gasteiger partial charge on any atom is -0.328 e. The molecule has 1 aliphatic heterocycles. The number of hydrogen-bond acceptors (Lipinski definition) is 2. The molecule has 3 heteroatoms. The largest absolute Gasteiger partial charge is 0.328 e. The van der Waals surface area contributed by atoms with Crippen LogP contribution in [-0.2, 0) is 13.0 Å². The summed E-state index contributed by atoms with van der Waals surface area (Å²) in [6.45, 7) is 9.04. The Bertz CT molecular complexity index is 447. The summed E-state index contributed by atoms with van der Waals surface area (Å²) in [7, 11) is 0. The predicted molar refractivity (Wildman–Crippen MR) is 78.4 cm³/mol. The van der Waals surface area contributed by atoms with Crippen LogP contribution >= 0.6 is 0 Å². The van der Waals surface area contributed by atoms with Crippen molar-refractivity contribution >= 4 is 0 Å². The maximum atomic E-state index is 4.95. The second-order valence-corrected chi connectivity index (χ2v) is 6.74. The number of fused-ring (bicyclic) bond motifs is 1. The van der Waals surface area contributed by atoms with Gasteiger partial charge in [-0.15, -0.1) is 0 Å². The lowest BCUT2D eigenvalue weighted by Crippen LogP contribution is -2.27. The van der Waals surface area contributed by atoms with Crippen LogP contribution in [0.15, 0.2) is 0 Å². The lowest BCUT2D eigenvalue weighted by Gasteiger charge is -2.31. The van der Waals surface area contributed by atoms with E-state index in [-0.39, 0.29) is 0 Å². The van der Waals surface area contributed by atoms with Crippen molar-refractivity contribution in [1.82, 2.24) is 14.9 Å². The van der Waals surface area contributed by atoms with Crippen molar-refractivity contribution < 1.29 is 0 Å². The highest BCUT2D eigenvalue weighted by atomic mass is 15.1. The molecule has 1 aromatic rings. The second kappa shape index (κ2) is 5.28. The standard InChI is InChI=1S/C16H27N3/c1-11(2)16-18-14-10-17-8-7-15(14)19(16)13-6-4-5-12(3)9-13/h11-13,17H,4-10H2,1-3H3. The Balaban J connectivity index is 1.99. The van der Waals surface area contributed by atoms with Crippen molar-refractivity contribution in [3.63, 3.8) is 0 Å². The normalized spacial score (nSPS) is 27.6. The monoisotopic (exact) mass is 261 g/mol. The molecule has 19 heavy (non-hydrogen) atoms. The smallest absolute Gasteiger partial charge is 0.112 e. The highest BCUT2D eigenvalue weighted by molar-refractivity contribution is 5.23. The molecule has 0 aromatic carbocycles. The molecule has 3 nitrogen and oxygen atoms in total. The molecular weight excluding hydrogens is 234 g/mol. The average molecular weight is 261 g/mol. The molecule has 3 rings (SSSR count). The van der Waals surface area contributed by atoms with E-state index < -0.39 is 0 Å². The molecule has 0 spiro atoms. The van der Waals surface area contributed by atoms with Gasteiger partial charge in [0.2, 0.25) is 0 Å². The van der Waals surface area contributed by atoms with Gasteiger partial charge in [-0.2, -0.15) is 0 Å². The van der Waals surface area contributed by atoms with Gasteiger partial charge in [0.25, 0.3) is 0 Å². The molecule has 0 radical (unpaired) electrons. The first kappa shape index (κ1) is 13.2. The summed E-state index contributed by atoms with van der Waals surface area (Å²) < 4.78 is 2.64. The van der Waals surface area contributed by atoms with E-state index in [0.29, 0.717) is 12.0 Å². The van der Waals surface area contributed by atoms with Crippen LogP contribution < -0.4 is 5.32 Å². The summed E-state index contributed by atoms with van der Waals surface area (Å²) in [6, 6.07) is 0.704. The van der Waals surface area contributed by atoms with Crippen molar-refractivity contribution in [1.29, 1.82) is 0 Å². The van der Waals surface area contributed by atoms with Crippen molar-refractivity contribution in [2.75, 3.05) is 6.54 Å². The first-order chi connectivity index (χ1) is 9.16. The SMILES string of the molecule is CC1CCCC(n2c(C(C)C)nc3c2CCNC3)C1. The fourth-order valence-corrected chi connectivity index (χ4v) is 3.81. The van der Waals surface area contributed by atoms with Crippen molar-refractivity contribution in [2.24, 2.45) is 5.92 Å². The van der Waals surface area contributed by atoms with Gasteiger partial charge < -0.3 is 9.88 Å². The van der Waals surface area contributed by atoms with Gasteiger partial charge in [0.15, 0.2) is 0 Å². The van der Waals surface area contributed by atoms with E-state index in [2.05, 4.69) is 30.7 Å². The fourth-order valence-electron chi connectivity index (χ4n) is 3.81. The van der Waals surface area contributed by atoms with Gasteiger partial charge in [0, 0.05) is 37.2 Å². The van der Waals surface area contributed by atoms with E-state index in [0.717, 1.165) is 25.4 Å². The van der Waals surface area contributed by atoms with Gasteiger partial charge in [-0.25, -0.2) is 4.98 Å². The maximum Gasteiger partial charge on any atom is 0.112 e. The Hall–Kier alpha value is -0.830. The topological polar surface area (TPSA) is 29.9 Å². The summed E-state index contributed by atoms with van der Waals surface area (Å²) in [6.07, 6.45) is 6.64. The molecule has 106 valence electrons. The molecule has 0 amide bonds. The van der Waals surface area contributed by atoms with Gasteiger partial charge in [-0.1, -0.05) is 33.6 Å². The van der Waals surface area contributed by atoms with E-state index in [1.165, 1.54) is 42.9 Å². The van der Waals surface area contributed by atoms with Gasteiger partial charge in [0.05, 0.1) is 5.69 Å². The van der Waals surface area contributed by atoms with E-state index in [1.807, 2.05) is 0 Å². The van der Waals surface area contributed by atoms with E-state index in [1.54, 1.807) is 0 Å². The second-order valence-electron chi connectivity index (χ2n) is 6.74. The third-order valence-corrected chi connectivity index (χ3v) is 4.74. The quantitative estimate of drug-likeness (QED) is 0.884. The molecule has 1 aromatic heterocycles. The molecule has 2 unspecified atom stereocenters. The Labute approximate surface area is 116 Å². The molecule has 1 saturated carbocycles. The zero-order chi connectivity index (χ0) is 13.4. The fraction of sp³-hybridized carbons (Fsp3) is 0.812. The number of hydrogen-bond donors (Lipinski definition) is 1. The van der Waals surface area contributed by atoms with Crippen LogP contribution in [0.5, 0.6) is 0 Å². The van der Waals surface area contributed by atoms with Crippen LogP contribution in [0.3, 0.4) is 0 Å². The molecule has 2 atom stereocenters. The lowest BCUT2D eigenvalue weighted by atomic mass is 9.86. The Morgan fingerprint density at radius 3 is 2.89 bits per heavy atom. The van der Waals surface area contributed by atoms with E-state index in [9.17, 15) is 0 Å². The highest BCUT2D eigenvalue weighted by Gasteiger charge is 2.28. The third kappa shape index (κ3) is 2.45. The highest BCUT2D eigenvalue weighted by Crippen LogP contribution is 2.36. The molecular formula is C16H27N3. The third-order valence-electron chi connectivity index (χ3n) is 4.74. The van der Waals surface area contributed by atoms with Crippen LogP contribution in [0, 0.1) is 5.92 Å². The molecule has 0 saturated heterocycles. The number of aromatic nitrogens is 2. The molecule has 0 bridgehead atoms. The minimum absolute atomic E-state index is 0.530. The van der Waals surface area contributed by atoms with Crippen LogP contribution in [0.25, 0.3) is 0 Å². The summed E-state index contributed by atoms with van der Waals surface area (Å²) >= 11 is 0. The maximum absolute atomic E-state index is 4.95. The minimum atomic E-state index is 0.530. The van der Waals surface area contributed by atoms with Crippen molar-refractivity contribution in [2.45, 2.75) is 71.4 Å². The Kier molecular flexibility index (Phi) is 3.66. The molecule has 1 N–H and O–H groups in total. The lowest BCUT2D eigenvalue weighted by molar-refractivity contribution is 0.271. The molecule has 2 aliphatic rings. The number of nitrogens with one attached hydrogen (secondary N) is 1. The predicted octanol–water partition coefficient (Wildman–Crippen LogP) is 3.40. The van der Waals surface area contributed by atoms with Crippen molar-refractivity contribution in [3.8, 4) is 0 Å². The van der Waals surface area contributed by atoms with E-state index >= 15 is 0 Å². The number of imidazole rings is 1. The first-order valence-electron chi connectivity index (χ1n) is 7.97. The Morgan fingerprint density at radius 2 is 2.16 bits per heavy atom. The molecule has 2 heterocycles. The summed E-state index contributed by atoms with van der Waals surface area (Å²) in [5, 5.41) is 3.46. The summed E-state index contributed by atoms with van der Waals surface area (Å²) in [4.78, 5) is 4.95.